The molecule has 6 heteroatoms. The quantitative estimate of drug-likeness (QED) is 0.805. The molecule has 19 heavy (non-hydrogen) atoms. The summed E-state index contributed by atoms with van der Waals surface area (Å²) in [6.45, 7) is 3.66. The number of likely N-dealkylation sites (N-methyl/N-ethyl adjacent to an activating group) is 1. The van der Waals surface area contributed by atoms with Gasteiger partial charge in [-0.15, -0.1) is 5.10 Å². The monoisotopic (exact) mass is 279 g/mol. The smallest absolute Gasteiger partial charge is 0.119 e. The maximum absolute atomic E-state index is 9.64. The minimum absolute atomic E-state index is 0.282. The molecule has 1 aromatic carbocycles. The average Bonchev–Trinajstić information content (AvgIpc) is 2.97. The Hall–Kier alpha value is -1.50. The number of aromatic nitrogens is 2. The highest BCUT2D eigenvalue weighted by atomic mass is 32.1. The fourth-order valence-corrected chi connectivity index (χ4v) is 2.04. The van der Waals surface area contributed by atoms with Gasteiger partial charge in [0.25, 0.3) is 0 Å². The summed E-state index contributed by atoms with van der Waals surface area (Å²) in [5, 5.41) is 18.6. The van der Waals surface area contributed by atoms with E-state index in [2.05, 4.69) is 14.9 Å². The van der Waals surface area contributed by atoms with Gasteiger partial charge in [0.05, 0.1) is 0 Å². The molecular formula is C13H17N3O2S. The van der Waals surface area contributed by atoms with Crippen molar-refractivity contribution in [2.45, 2.75) is 13.0 Å². The Balaban J connectivity index is 1.85. The zero-order valence-corrected chi connectivity index (χ0v) is 11.6. The molecule has 5 nitrogen and oxygen atoms in total. The van der Waals surface area contributed by atoms with E-state index in [1.165, 1.54) is 11.5 Å². The van der Waals surface area contributed by atoms with Crippen molar-refractivity contribution in [2.24, 2.45) is 0 Å². The van der Waals surface area contributed by atoms with Crippen LogP contribution in [0.1, 0.15) is 6.92 Å². The van der Waals surface area contributed by atoms with E-state index in [0.29, 0.717) is 6.54 Å². The van der Waals surface area contributed by atoms with Crippen molar-refractivity contribution in [3.05, 3.63) is 29.6 Å². The predicted octanol–water partition coefficient (Wildman–Crippen LogP) is 1.55. The van der Waals surface area contributed by atoms with E-state index in [9.17, 15) is 5.11 Å². The molecule has 102 valence electrons. The Bertz CT molecular complexity index is 473. The Morgan fingerprint density at radius 2 is 2.16 bits per heavy atom. The normalized spacial score (nSPS) is 12.3. The second kappa shape index (κ2) is 7.18. The summed E-state index contributed by atoms with van der Waals surface area (Å²) in [4.78, 5) is 0. The van der Waals surface area contributed by atoms with Crippen LogP contribution in [-0.4, -0.2) is 40.5 Å². The van der Waals surface area contributed by atoms with Gasteiger partial charge >= 0.3 is 0 Å². The van der Waals surface area contributed by atoms with Gasteiger partial charge in [0, 0.05) is 17.5 Å². The first-order valence-corrected chi connectivity index (χ1v) is 7.02. The number of ether oxygens (including phenoxy) is 1. The molecule has 0 aliphatic carbocycles. The molecule has 0 saturated heterocycles. The molecule has 2 rings (SSSR count). The van der Waals surface area contributed by atoms with Crippen LogP contribution < -0.4 is 10.1 Å². The van der Waals surface area contributed by atoms with Crippen LogP contribution in [0.15, 0.2) is 29.6 Å². The average molecular weight is 279 g/mol. The Morgan fingerprint density at radius 3 is 2.79 bits per heavy atom. The summed E-state index contributed by atoms with van der Waals surface area (Å²) in [6, 6.07) is 7.61. The Morgan fingerprint density at radius 1 is 1.37 bits per heavy atom. The zero-order chi connectivity index (χ0) is 13.5. The summed E-state index contributed by atoms with van der Waals surface area (Å²) in [6.07, 6.45) is -0.498. The number of hydrogen-bond acceptors (Lipinski definition) is 6. The lowest BCUT2D eigenvalue weighted by atomic mass is 10.2. The first-order valence-electron chi connectivity index (χ1n) is 6.18. The standard InChI is InChI=1S/C13H17N3O2S/c1-2-14-7-11(17)8-18-12-5-3-10(4-6-12)13-9-19-16-15-13/h3-6,9,11,14,17H,2,7-8H2,1H3. The molecule has 0 aliphatic heterocycles. The highest BCUT2D eigenvalue weighted by molar-refractivity contribution is 7.03. The first-order chi connectivity index (χ1) is 9.29. The van der Waals surface area contributed by atoms with E-state index in [1.807, 2.05) is 36.6 Å². The summed E-state index contributed by atoms with van der Waals surface area (Å²) < 4.78 is 9.34. The van der Waals surface area contributed by atoms with E-state index >= 15 is 0 Å². The molecule has 1 heterocycles. The van der Waals surface area contributed by atoms with E-state index in [1.54, 1.807) is 0 Å². The maximum Gasteiger partial charge on any atom is 0.119 e. The number of rotatable bonds is 7. The van der Waals surface area contributed by atoms with Gasteiger partial charge in [0.1, 0.15) is 24.2 Å². The molecule has 2 aromatic rings. The molecule has 0 saturated carbocycles. The lowest BCUT2D eigenvalue weighted by Crippen LogP contribution is -2.31. The van der Waals surface area contributed by atoms with Crippen molar-refractivity contribution in [2.75, 3.05) is 19.7 Å². The van der Waals surface area contributed by atoms with E-state index in [-0.39, 0.29) is 6.61 Å². The van der Waals surface area contributed by atoms with Gasteiger partial charge in [-0.1, -0.05) is 11.4 Å². The first kappa shape index (κ1) is 13.9. The molecule has 1 atom stereocenters. The number of aliphatic hydroxyl groups excluding tert-OH is 1. The molecule has 2 N–H and O–H groups in total. The summed E-state index contributed by atoms with van der Waals surface area (Å²) in [5.41, 5.74) is 1.87. The number of nitrogens with one attached hydrogen (secondary N) is 1. The molecule has 0 spiro atoms. The van der Waals surface area contributed by atoms with Gasteiger partial charge in [-0.3, -0.25) is 0 Å². The van der Waals surface area contributed by atoms with Crippen molar-refractivity contribution in [3.8, 4) is 17.0 Å². The Labute approximate surface area is 116 Å². The van der Waals surface area contributed by atoms with Crippen molar-refractivity contribution in [1.29, 1.82) is 0 Å². The van der Waals surface area contributed by atoms with Crippen LogP contribution in [0.4, 0.5) is 0 Å². The van der Waals surface area contributed by atoms with Crippen molar-refractivity contribution >= 4 is 11.5 Å². The van der Waals surface area contributed by atoms with Gasteiger partial charge in [0.15, 0.2) is 0 Å². The second-order valence-electron chi connectivity index (χ2n) is 4.09. The SMILES string of the molecule is CCNCC(O)COc1ccc(-c2csnn2)cc1. The predicted molar refractivity (Wildman–Crippen MR) is 75.4 cm³/mol. The van der Waals surface area contributed by atoms with Gasteiger partial charge in [-0.05, 0) is 42.3 Å². The minimum Gasteiger partial charge on any atom is -0.491 e. The highest BCUT2D eigenvalue weighted by Gasteiger charge is 2.05. The fraction of sp³-hybridized carbons (Fsp3) is 0.385. The molecule has 1 aromatic heterocycles. The molecule has 0 bridgehead atoms. The van der Waals surface area contributed by atoms with Gasteiger partial charge in [0.2, 0.25) is 0 Å². The Kier molecular flexibility index (Phi) is 5.26. The van der Waals surface area contributed by atoms with E-state index in [0.717, 1.165) is 23.6 Å². The number of aliphatic hydroxyl groups is 1. The number of hydrogen-bond donors (Lipinski definition) is 2. The molecule has 0 fully saturated rings. The van der Waals surface area contributed by atoms with Gasteiger partial charge in [-0.2, -0.15) is 0 Å². The van der Waals surface area contributed by atoms with Crippen LogP contribution >= 0.6 is 11.5 Å². The second-order valence-corrected chi connectivity index (χ2v) is 4.70. The van der Waals surface area contributed by atoms with Crippen LogP contribution in [0.3, 0.4) is 0 Å². The van der Waals surface area contributed by atoms with Crippen LogP contribution in [0.5, 0.6) is 5.75 Å². The van der Waals surface area contributed by atoms with Gasteiger partial charge < -0.3 is 15.2 Å². The topological polar surface area (TPSA) is 67.3 Å². The van der Waals surface area contributed by atoms with Gasteiger partial charge in [-0.25, -0.2) is 0 Å². The van der Waals surface area contributed by atoms with Crippen molar-refractivity contribution in [1.82, 2.24) is 14.9 Å². The number of nitrogens with zero attached hydrogens (tertiary/aromatic N) is 2. The molecular weight excluding hydrogens is 262 g/mol. The van der Waals surface area contributed by atoms with E-state index < -0.39 is 6.10 Å². The zero-order valence-electron chi connectivity index (χ0n) is 10.7. The fourth-order valence-electron chi connectivity index (χ4n) is 1.57. The highest BCUT2D eigenvalue weighted by Crippen LogP contribution is 2.21. The maximum atomic E-state index is 9.64. The molecule has 1 unspecified atom stereocenters. The minimum atomic E-state index is -0.498. The largest absolute Gasteiger partial charge is 0.491 e. The summed E-state index contributed by atoms with van der Waals surface area (Å²) in [7, 11) is 0. The van der Waals surface area contributed by atoms with E-state index in [4.69, 9.17) is 4.74 Å². The molecule has 0 radical (unpaired) electrons. The lowest BCUT2D eigenvalue weighted by molar-refractivity contribution is 0.107. The third-order valence-corrected chi connectivity index (χ3v) is 3.09. The van der Waals surface area contributed by atoms with Crippen molar-refractivity contribution < 1.29 is 9.84 Å². The number of benzene rings is 1. The van der Waals surface area contributed by atoms with Crippen LogP contribution in [0.25, 0.3) is 11.3 Å². The van der Waals surface area contributed by atoms with Crippen LogP contribution in [0.2, 0.25) is 0 Å². The van der Waals surface area contributed by atoms with Crippen molar-refractivity contribution in [3.63, 3.8) is 0 Å². The third-order valence-electron chi connectivity index (χ3n) is 2.58. The lowest BCUT2D eigenvalue weighted by Gasteiger charge is -2.12. The third kappa shape index (κ3) is 4.27. The molecule has 0 aliphatic rings. The molecule has 0 amide bonds. The summed E-state index contributed by atoms with van der Waals surface area (Å²) >= 11 is 1.33. The summed E-state index contributed by atoms with van der Waals surface area (Å²) in [5.74, 6) is 0.738. The van der Waals surface area contributed by atoms with Crippen LogP contribution in [0, 0.1) is 0 Å². The van der Waals surface area contributed by atoms with Crippen LogP contribution in [-0.2, 0) is 0 Å².